The molecular formula is C30H47F2NO8. The van der Waals surface area contributed by atoms with E-state index in [2.05, 4.69) is 5.32 Å². The standard InChI is InChI=1S/C30H47F2NO8/c1-16-11-20-19-8-7-17-12-18(34)9-10-27(17,5)29(19,32)22(35)13-28(20,6)30(16,39)23(36)15-40-24(37)21(31)14-33-25(38)41-26(2,3)4/h16-22,34-35,39H,7-15H2,1-6H3,(H,33,38)/t16-,17?,18?,19?,20?,21?,22-,27-,28-,29-,30-/m0/s1. The zero-order chi connectivity index (χ0) is 30.8. The monoisotopic (exact) mass is 587 g/mol. The number of nitrogens with one attached hydrogen (secondary N) is 1. The third-order valence-corrected chi connectivity index (χ3v) is 11.1. The summed E-state index contributed by atoms with van der Waals surface area (Å²) in [6.07, 6.45) is -2.31. The van der Waals surface area contributed by atoms with Crippen LogP contribution in [0.2, 0.25) is 0 Å². The number of aliphatic hydroxyl groups is 3. The fourth-order valence-electron chi connectivity index (χ4n) is 9.08. The van der Waals surface area contributed by atoms with Gasteiger partial charge in [0.15, 0.2) is 6.61 Å². The highest BCUT2D eigenvalue weighted by molar-refractivity contribution is 5.92. The third-order valence-electron chi connectivity index (χ3n) is 11.1. The van der Waals surface area contributed by atoms with Crippen molar-refractivity contribution in [2.24, 2.45) is 34.5 Å². The van der Waals surface area contributed by atoms with E-state index in [1.807, 2.05) is 6.92 Å². The molecule has 0 saturated heterocycles. The van der Waals surface area contributed by atoms with E-state index >= 15 is 4.39 Å². The predicted octanol–water partition coefficient (Wildman–Crippen LogP) is 3.41. The second kappa shape index (κ2) is 10.7. The molecule has 4 N–H and O–H groups in total. The number of hydrogen-bond acceptors (Lipinski definition) is 8. The number of hydrogen-bond donors (Lipinski definition) is 4. The SMILES string of the molecule is C[C@H]1CC2C3CCC4CC(O)CC[C@]4(C)[C@@]3(F)[C@@H](O)C[C@]2(C)[C@@]1(O)C(=O)COC(=O)C(F)CNC(=O)OC(C)(C)C. The summed E-state index contributed by atoms with van der Waals surface area (Å²) in [5.41, 5.74) is -6.79. The van der Waals surface area contributed by atoms with E-state index in [1.54, 1.807) is 34.6 Å². The summed E-state index contributed by atoms with van der Waals surface area (Å²) in [6.45, 7) is 8.55. The maximum Gasteiger partial charge on any atom is 0.407 e. The van der Waals surface area contributed by atoms with Crippen molar-refractivity contribution in [2.75, 3.05) is 13.2 Å². The van der Waals surface area contributed by atoms with Crippen LogP contribution in [0.4, 0.5) is 13.6 Å². The number of aliphatic hydroxyl groups excluding tert-OH is 2. The van der Waals surface area contributed by atoms with Gasteiger partial charge in [-0.1, -0.05) is 20.8 Å². The molecule has 4 aliphatic rings. The molecule has 9 nitrogen and oxygen atoms in total. The van der Waals surface area contributed by atoms with Crippen LogP contribution in [0.15, 0.2) is 0 Å². The van der Waals surface area contributed by atoms with E-state index in [9.17, 15) is 34.1 Å². The summed E-state index contributed by atoms with van der Waals surface area (Å²) >= 11 is 0. The van der Waals surface area contributed by atoms with Crippen molar-refractivity contribution < 1.29 is 48.0 Å². The van der Waals surface area contributed by atoms with Gasteiger partial charge >= 0.3 is 12.1 Å². The molecule has 4 rings (SSSR count). The number of Topliss-reactive ketones (excluding diaryl/α,β-unsaturated/α-hetero) is 1. The number of esters is 1. The Hall–Kier alpha value is -1.85. The summed E-state index contributed by atoms with van der Waals surface area (Å²) in [4.78, 5) is 37.5. The Balaban J connectivity index is 1.46. The van der Waals surface area contributed by atoms with E-state index in [1.165, 1.54) is 0 Å². The number of fused-ring (bicyclic) bond motifs is 5. The number of carbonyl (C=O) groups excluding carboxylic acids is 3. The van der Waals surface area contributed by atoms with Crippen LogP contribution in [-0.4, -0.2) is 81.6 Å². The normalized spacial score (nSPS) is 44.6. The van der Waals surface area contributed by atoms with Gasteiger partial charge in [0, 0.05) is 10.8 Å². The smallest absolute Gasteiger partial charge is 0.407 e. The average Bonchev–Trinajstić information content (AvgIpc) is 3.07. The Kier molecular flexibility index (Phi) is 8.37. The molecule has 234 valence electrons. The molecule has 1 amide bonds. The van der Waals surface area contributed by atoms with Gasteiger partial charge in [-0.25, -0.2) is 18.4 Å². The van der Waals surface area contributed by atoms with Crippen molar-refractivity contribution in [3.8, 4) is 0 Å². The van der Waals surface area contributed by atoms with E-state index in [4.69, 9.17) is 9.47 Å². The molecule has 0 radical (unpaired) electrons. The molecule has 0 aromatic rings. The second-order valence-electron chi connectivity index (χ2n) is 14.5. The number of amides is 1. The number of alkyl halides is 2. The van der Waals surface area contributed by atoms with E-state index in [0.29, 0.717) is 38.5 Å². The molecular weight excluding hydrogens is 540 g/mol. The number of halogens is 2. The first-order chi connectivity index (χ1) is 18.8. The molecule has 0 heterocycles. The molecule has 11 atom stereocenters. The van der Waals surface area contributed by atoms with Gasteiger partial charge in [-0.3, -0.25) is 4.79 Å². The van der Waals surface area contributed by atoms with Crippen molar-refractivity contribution in [2.45, 2.75) is 122 Å². The zero-order valence-electron chi connectivity index (χ0n) is 25.0. The lowest BCUT2D eigenvalue weighted by Gasteiger charge is -2.65. The lowest BCUT2D eigenvalue weighted by Crippen LogP contribution is -2.71. The van der Waals surface area contributed by atoms with Crippen molar-refractivity contribution >= 4 is 17.8 Å². The third kappa shape index (κ3) is 5.07. The topological polar surface area (TPSA) is 142 Å². The Bertz CT molecular complexity index is 1050. The minimum Gasteiger partial charge on any atom is -0.455 e. The molecule has 4 fully saturated rings. The Morgan fingerprint density at radius 1 is 1.05 bits per heavy atom. The molecule has 0 spiro atoms. The predicted molar refractivity (Wildman–Crippen MR) is 144 cm³/mol. The first-order valence-corrected chi connectivity index (χ1v) is 14.9. The maximum atomic E-state index is 17.4. The van der Waals surface area contributed by atoms with E-state index in [0.717, 1.165) is 0 Å². The Labute approximate surface area is 240 Å². The molecule has 0 bridgehead atoms. The zero-order valence-corrected chi connectivity index (χ0v) is 25.0. The number of ketones is 1. The van der Waals surface area contributed by atoms with Crippen LogP contribution in [0.1, 0.15) is 86.5 Å². The first-order valence-electron chi connectivity index (χ1n) is 14.9. The average molecular weight is 588 g/mol. The van der Waals surface area contributed by atoms with Crippen molar-refractivity contribution in [1.82, 2.24) is 5.32 Å². The maximum absolute atomic E-state index is 17.4. The van der Waals surface area contributed by atoms with Crippen LogP contribution in [0.5, 0.6) is 0 Å². The van der Waals surface area contributed by atoms with Crippen LogP contribution in [0.25, 0.3) is 0 Å². The summed E-state index contributed by atoms with van der Waals surface area (Å²) in [5, 5.41) is 35.8. The summed E-state index contributed by atoms with van der Waals surface area (Å²) in [5.74, 6) is -3.88. The van der Waals surface area contributed by atoms with Gasteiger partial charge in [0.1, 0.15) is 16.9 Å². The number of rotatable bonds is 6. The minimum atomic E-state index is -2.26. The second-order valence-corrected chi connectivity index (χ2v) is 14.5. The van der Waals surface area contributed by atoms with Crippen molar-refractivity contribution in [3.63, 3.8) is 0 Å². The van der Waals surface area contributed by atoms with Gasteiger partial charge in [-0.05, 0) is 89.4 Å². The first kappa shape index (κ1) is 32.1. The number of alkyl carbamates (subject to hydrolysis) is 1. The van der Waals surface area contributed by atoms with Gasteiger partial charge in [-0.15, -0.1) is 0 Å². The fraction of sp³-hybridized carbons (Fsp3) is 0.900. The van der Waals surface area contributed by atoms with Crippen LogP contribution in [0, 0.1) is 34.5 Å². The molecule has 41 heavy (non-hydrogen) atoms. The van der Waals surface area contributed by atoms with Gasteiger partial charge in [-0.2, -0.15) is 0 Å². The number of ether oxygens (including phenoxy) is 2. The quantitative estimate of drug-likeness (QED) is 0.347. The highest BCUT2D eigenvalue weighted by Gasteiger charge is 2.76. The molecule has 0 aliphatic heterocycles. The van der Waals surface area contributed by atoms with Crippen LogP contribution in [-0.2, 0) is 19.1 Å². The summed E-state index contributed by atoms with van der Waals surface area (Å²) in [6, 6.07) is 0. The summed E-state index contributed by atoms with van der Waals surface area (Å²) < 4.78 is 41.7. The van der Waals surface area contributed by atoms with Crippen molar-refractivity contribution in [1.29, 1.82) is 0 Å². The van der Waals surface area contributed by atoms with Gasteiger partial charge in [0.2, 0.25) is 12.0 Å². The summed E-state index contributed by atoms with van der Waals surface area (Å²) in [7, 11) is 0. The molecule has 5 unspecified atom stereocenters. The lowest BCUT2D eigenvalue weighted by atomic mass is 9.42. The Morgan fingerprint density at radius 2 is 1.71 bits per heavy atom. The van der Waals surface area contributed by atoms with Crippen LogP contribution >= 0.6 is 0 Å². The number of carbonyl (C=O) groups is 3. The minimum absolute atomic E-state index is 0.0660. The van der Waals surface area contributed by atoms with Gasteiger partial charge in [0.25, 0.3) is 0 Å². The highest BCUT2D eigenvalue weighted by Crippen LogP contribution is 2.71. The van der Waals surface area contributed by atoms with Crippen LogP contribution < -0.4 is 5.32 Å². The molecule has 4 aliphatic carbocycles. The lowest BCUT2D eigenvalue weighted by molar-refractivity contribution is -0.260. The van der Waals surface area contributed by atoms with Gasteiger partial charge in [0.05, 0.1) is 18.8 Å². The molecule has 0 aromatic heterocycles. The van der Waals surface area contributed by atoms with Gasteiger partial charge < -0.3 is 30.1 Å². The highest BCUT2D eigenvalue weighted by atomic mass is 19.1. The van der Waals surface area contributed by atoms with Crippen molar-refractivity contribution in [3.05, 3.63) is 0 Å². The molecule has 11 heteroatoms. The fourth-order valence-corrected chi connectivity index (χ4v) is 9.08. The Morgan fingerprint density at radius 3 is 2.34 bits per heavy atom. The molecule has 0 aromatic carbocycles. The van der Waals surface area contributed by atoms with E-state index in [-0.39, 0.29) is 12.3 Å². The largest absolute Gasteiger partial charge is 0.455 e. The molecule has 4 saturated carbocycles. The van der Waals surface area contributed by atoms with Crippen LogP contribution in [0.3, 0.4) is 0 Å². The van der Waals surface area contributed by atoms with E-state index < -0.39 is 94.8 Å².